The van der Waals surface area contributed by atoms with E-state index < -0.39 is 0 Å². The van der Waals surface area contributed by atoms with Gasteiger partial charge in [0.05, 0.1) is 11.7 Å². The Bertz CT molecular complexity index is 1230. The number of fused-ring (bicyclic) bond motifs is 7. The lowest BCUT2D eigenvalue weighted by Gasteiger charge is -2.04. The Morgan fingerprint density at radius 1 is 0.783 bits per heavy atom. The Hall–Kier alpha value is -2.87. The highest BCUT2D eigenvalue weighted by atomic mass is 16.3. The fourth-order valence-electron chi connectivity index (χ4n) is 3.46. The largest absolute Gasteiger partial charge is 0.454 e. The van der Waals surface area contributed by atoms with Gasteiger partial charge in [0.1, 0.15) is 5.58 Å². The molecule has 0 aliphatic heterocycles. The van der Waals surface area contributed by atoms with E-state index in [0.717, 1.165) is 22.1 Å². The van der Waals surface area contributed by atoms with Crippen LogP contribution in [0.4, 0.5) is 0 Å². The van der Waals surface area contributed by atoms with E-state index in [0.29, 0.717) is 0 Å². The molecule has 5 aromatic rings. The van der Waals surface area contributed by atoms with Gasteiger partial charge < -0.3 is 4.42 Å². The summed E-state index contributed by atoms with van der Waals surface area (Å²) in [5, 5.41) is 5.89. The minimum absolute atomic E-state index is 0.854. The van der Waals surface area contributed by atoms with E-state index in [1.807, 2.05) is 6.20 Å². The molecule has 0 aliphatic rings. The van der Waals surface area contributed by atoms with Crippen molar-refractivity contribution < 1.29 is 4.42 Å². The number of rotatable bonds is 0. The average Bonchev–Trinajstić information content (AvgIpc) is 2.92. The van der Waals surface area contributed by atoms with E-state index in [1.165, 1.54) is 32.7 Å². The Balaban J connectivity index is 2.06. The predicted octanol–water partition coefficient (Wildman–Crippen LogP) is 5.90. The van der Waals surface area contributed by atoms with Crippen LogP contribution in [-0.2, 0) is 0 Å². The molecule has 23 heavy (non-hydrogen) atoms. The summed E-state index contributed by atoms with van der Waals surface area (Å²) in [4.78, 5) is 4.68. The molecule has 5 rings (SSSR count). The summed E-state index contributed by atoms with van der Waals surface area (Å²) >= 11 is 0. The first-order valence-electron chi connectivity index (χ1n) is 7.82. The summed E-state index contributed by atoms with van der Waals surface area (Å²) in [6.45, 7) is 4.26. The van der Waals surface area contributed by atoms with Gasteiger partial charge in [-0.15, -0.1) is 0 Å². The molecular formula is C21H15NO. The number of hydrogen-bond acceptors (Lipinski definition) is 2. The zero-order valence-corrected chi connectivity index (χ0v) is 13.1. The molecule has 2 heterocycles. The highest BCUT2D eigenvalue weighted by Gasteiger charge is 2.13. The lowest BCUT2D eigenvalue weighted by molar-refractivity contribution is 0.667. The van der Waals surface area contributed by atoms with Gasteiger partial charge in [-0.2, -0.15) is 0 Å². The predicted molar refractivity (Wildman–Crippen MR) is 96.0 cm³/mol. The lowest BCUT2D eigenvalue weighted by atomic mass is 10.0. The van der Waals surface area contributed by atoms with E-state index >= 15 is 0 Å². The van der Waals surface area contributed by atoms with Gasteiger partial charge in [0.25, 0.3) is 0 Å². The van der Waals surface area contributed by atoms with Gasteiger partial charge in [0.2, 0.25) is 0 Å². The summed E-state index contributed by atoms with van der Waals surface area (Å²) < 4.78 is 6.05. The van der Waals surface area contributed by atoms with Crippen molar-refractivity contribution in [2.75, 3.05) is 0 Å². The number of hydrogen-bond donors (Lipinski definition) is 0. The average molecular weight is 297 g/mol. The minimum atomic E-state index is 0.854. The minimum Gasteiger partial charge on any atom is -0.454 e. The lowest BCUT2D eigenvalue weighted by Crippen LogP contribution is -1.83. The maximum absolute atomic E-state index is 6.05. The maximum atomic E-state index is 6.05. The zero-order chi connectivity index (χ0) is 15.6. The molecule has 0 saturated carbocycles. The number of nitrogens with zero attached hydrogens (tertiary/aromatic N) is 1. The molecule has 0 saturated heterocycles. The van der Waals surface area contributed by atoms with Crippen molar-refractivity contribution in [1.82, 2.24) is 4.98 Å². The van der Waals surface area contributed by atoms with Gasteiger partial charge in [-0.1, -0.05) is 36.4 Å². The number of aryl methyl sites for hydroxylation is 2. The van der Waals surface area contributed by atoms with Gasteiger partial charge in [-0.3, -0.25) is 4.98 Å². The van der Waals surface area contributed by atoms with Crippen LogP contribution in [0.25, 0.3) is 43.6 Å². The summed E-state index contributed by atoms with van der Waals surface area (Å²) in [6, 6.07) is 17.1. The Labute approximate surface area is 133 Å². The SMILES string of the molecule is Cc1cc2oc3cnc4c5ccccc5ccc4c3c2cc1C. The zero-order valence-electron chi connectivity index (χ0n) is 13.1. The number of benzene rings is 3. The molecule has 0 N–H and O–H groups in total. The van der Waals surface area contributed by atoms with E-state index in [2.05, 4.69) is 67.4 Å². The first kappa shape index (κ1) is 12.7. The normalized spacial score (nSPS) is 11.9. The summed E-state index contributed by atoms with van der Waals surface area (Å²) in [7, 11) is 0. The van der Waals surface area contributed by atoms with E-state index in [-0.39, 0.29) is 0 Å². The Morgan fingerprint density at radius 3 is 2.52 bits per heavy atom. The van der Waals surface area contributed by atoms with Gasteiger partial charge in [0, 0.05) is 21.5 Å². The van der Waals surface area contributed by atoms with Crippen LogP contribution in [0.1, 0.15) is 11.1 Å². The van der Waals surface area contributed by atoms with Crippen LogP contribution in [-0.4, -0.2) is 4.98 Å². The van der Waals surface area contributed by atoms with Gasteiger partial charge >= 0.3 is 0 Å². The second kappa shape index (κ2) is 4.32. The third-order valence-electron chi connectivity index (χ3n) is 4.81. The van der Waals surface area contributed by atoms with Crippen molar-refractivity contribution in [3.63, 3.8) is 0 Å². The van der Waals surface area contributed by atoms with Crippen molar-refractivity contribution in [2.24, 2.45) is 0 Å². The van der Waals surface area contributed by atoms with Gasteiger partial charge in [0.15, 0.2) is 5.58 Å². The van der Waals surface area contributed by atoms with E-state index in [1.54, 1.807) is 0 Å². The molecule has 0 unspecified atom stereocenters. The quantitative estimate of drug-likeness (QED) is 0.332. The molecule has 2 nitrogen and oxygen atoms in total. The molecule has 0 atom stereocenters. The second-order valence-electron chi connectivity index (χ2n) is 6.22. The number of pyridine rings is 1. The number of furan rings is 1. The highest BCUT2D eigenvalue weighted by molar-refractivity contribution is 6.22. The van der Waals surface area contributed by atoms with Crippen molar-refractivity contribution >= 4 is 43.6 Å². The van der Waals surface area contributed by atoms with Crippen LogP contribution in [0.3, 0.4) is 0 Å². The molecular weight excluding hydrogens is 282 g/mol. The number of aromatic nitrogens is 1. The maximum Gasteiger partial charge on any atom is 0.154 e. The van der Waals surface area contributed by atoms with Crippen LogP contribution < -0.4 is 0 Å². The fourth-order valence-corrected chi connectivity index (χ4v) is 3.46. The summed E-state index contributed by atoms with van der Waals surface area (Å²) in [5.41, 5.74) is 5.36. The van der Waals surface area contributed by atoms with Gasteiger partial charge in [-0.25, -0.2) is 0 Å². The monoisotopic (exact) mass is 297 g/mol. The van der Waals surface area contributed by atoms with Crippen molar-refractivity contribution in [2.45, 2.75) is 13.8 Å². The molecule has 0 fully saturated rings. The summed E-state index contributed by atoms with van der Waals surface area (Å²) in [5.74, 6) is 0. The van der Waals surface area contributed by atoms with Crippen LogP contribution >= 0.6 is 0 Å². The molecule has 0 amide bonds. The smallest absolute Gasteiger partial charge is 0.154 e. The molecule has 0 bridgehead atoms. The first-order chi connectivity index (χ1) is 11.2. The molecule has 110 valence electrons. The molecule has 0 aliphatic carbocycles. The topological polar surface area (TPSA) is 26.0 Å². The molecule has 2 heteroatoms. The van der Waals surface area contributed by atoms with Crippen LogP contribution in [0.2, 0.25) is 0 Å². The van der Waals surface area contributed by atoms with Crippen LogP contribution in [0.5, 0.6) is 0 Å². The van der Waals surface area contributed by atoms with Crippen LogP contribution in [0.15, 0.2) is 59.1 Å². The van der Waals surface area contributed by atoms with Crippen molar-refractivity contribution in [3.8, 4) is 0 Å². The van der Waals surface area contributed by atoms with E-state index in [9.17, 15) is 0 Å². The summed E-state index contributed by atoms with van der Waals surface area (Å²) in [6.07, 6.45) is 1.86. The van der Waals surface area contributed by atoms with Crippen molar-refractivity contribution in [3.05, 3.63) is 65.9 Å². The van der Waals surface area contributed by atoms with Gasteiger partial charge in [-0.05, 0) is 42.5 Å². The Morgan fingerprint density at radius 2 is 1.61 bits per heavy atom. The fraction of sp³-hybridized carbons (Fsp3) is 0.0952. The molecule has 3 aromatic carbocycles. The highest BCUT2D eigenvalue weighted by Crippen LogP contribution is 2.36. The molecule has 2 aromatic heterocycles. The third-order valence-corrected chi connectivity index (χ3v) is 4.81. The second-order valence-corrected chi connectivity index (χ2v) is 6.22. The van der Waals surface area contributed by atoms with Crippen molar-refractivity contribution in [1.29, 1.82) is 0 Å². The molecule has 0 spiro atoms. The third kappa shape index (κ3) is 1.66. The first-order valence-corrected chi connectivity index (χ1v) is 7.82. The standard InChI is InChI=1S/C21H15NO/c1-12-9-17-18(10-13(12)2)23-19-11-22-21-15-6-4-3-5-14(15)7-8-16(21)20(17)19/h3-11H,1-2H3. The Kier molecular flexibility index (Phi) is 2.38. The van der Waals surface area contributed by atoms with E-state index in [4.69, 9.17) is 4.42 Å². The molecule has 0 radical (unpaired) electrons. The van der Waals surface area contributed by atoms with Crippen LogP contribution in [0, 0.1) is 13.8 Å².